The molecule has 0 aromatic heterocycles. The molecule has 0 unspecified atom stereocenters. The zero-order valence-electron chi connectivity index (χ0n) is 15.1. The second kappa shape index (κ2) is 7.95. The number of hydrogen-bond donors (Lipinski definition) is 1. The average molecular weight is 370 g/mol. The molecule has 1 N–H and O–H groups in total. The highest BCUT2D eigenvalue weighted by atomic mass is 32.2. The predicted molar refractivity (Wildman–Crippen MR) is 96.4 cm³/mol. The fourth-order valence-electron chi connectivity index (χ4n) is 2.40. The Hall–Kier alpha value is -1.96. The first-order valence-electron chi connectivity index (χ1n) is 8.35. The molecule has 140 valence electrons. The molecule has 0 spiro atoms. The molecule has 7 nitrogen and oxygen atoms in total. The van der Waals surface area contributed by atoms with E-state index in [4.69, 9.17) is 9.47 Å². The van der Waals surface area contributed by atoms with Crippen LogP contribution >= 0.6 is 0 Å². The molecule has 8 heteroatoms. The number of sulfonamides is 1. The van der Waals surface area contributed by atoms with E-state index >= 15 is 0 Å². The maximum Gasteiger partial charge on any atom is 0.232 e. The number of carbonyl (C=O) groups excluding carboxylic acids is 1. The Morgan fingerprint density at radius 2 is 1.92 bits per heavy atom. The lowest BCUT2D eigenvalue weighted by molar-refractivity contribution is -0.122. The Morgan fingerprint density at radius 3 is 2.56 bits per heavy atom. The van der Waals surface area contributed by atoms with Crippen LogP contribution in [0.15, 0.2) is 18.2 Å². The number of ether oxygens (including phenoxy) is 2. The van der Waals surface area contributed by atoms with E-state index in [9.17, 15) is 13.2 Å². The number of rotatable bonds is 8. The molecule has 25 heavy (non-hydrogen) atoms. The zero-order chi connectivity index (χ0) is 18.6. The van der Waals surface area contributed by atoms with E-state index in [1.165, 1.54) is 4.31 Å². The van der Waals surface area contributed by atoms with Crippen LogP contribution in [-0.2, 0) is 14.8 Å². The van der Waals surface area contributed by atoms with Crippen LogP contribution in [0, 0.1) is 5.92 Å². The summed E-state index contributed by atoms with van der Waals surface area (Å²) in [5, 5.41) is 2.92. The van der Waals surface area contributed by atoms with Gasteiger partial charge in [0.1, 0.15) is 0 Å². The van der Waals surface area contributed by atoms with Gasteiger partial charge in [0.2, 0.25) is 22.7 Å². The minimum atomic E-state index is -3.46. The van der Waals surface area contributed by atoms with Crippen LogP contribution in [-0.4, -0.2) is 40.0 Å². The second-order valence-electron chi connectivity index (χ2n) is 6.58. The van der Waals surface area contributed by atoms with E-state index < -0.39 is 10.0 Å². The molecular weight excluding hydrogens is 344 g/mol. The Kier molecular flexibility index (Phi) is 6.16. The zero-order valence-corrected chi connectivity index (χ0v) is 15.9. The first kappa shape index (κ1) is 19.4. The van der Waals surface area contributed by atoms with Gasteiger partial charge >= 0.3 is 0 Å². The molecule has 1 aromatic rings. The van der Waals surface area contributed by atoms with E-state index in [1.54, 1.807) is 18.2 Å². The Labute approximate surface area is 149 Å². The summed E-state index contributed by atoms with van der Waals surface area (Å²) in [7, 11) is -3.46. The quantitative estimate of drug-likeness (QED) is 0.758. The van der Waals surface area contributed by atoms with Gasteiger partial charge in [0.25, 0.3) is 0 Å². The van der Waals surface area contributed by atoms with Gasteiger partial charge < -0.3 is 14.8 Å². The fraction of sp³-hybridized carbons (Fsp3) is 0.588. The summed E-state index contributed by atoms with van der Waals surface area (Å²) in [6.07, 6.45) is 1.85. The number of nitrogens with zero attached hydrogens (tertiary/aromatic N) is 1. The van der Waals surface area contributed by atoms with Crippen molar-refractivity contribution in [3.8, 4) is 11.5 Å². The molecule has 1 aromatic carbocycles. The third kappa shape index (κ3) is 5.26. The first-order valence-corrected chi connectivity index (χ1v) is 10.2. The van der Waals surface area contributed by atoms with Crippen LogP contribution in [0.25, 0.3) is 0 Å². The summed E-state index contributed by atoms with van der Waals surface area (Å²) in [6, 6.07) is 5.10. The summed E-state index contributed by atoms with van der Waals surface area (Å²) in [5.74, 6) is 1.40. The Morgan fingerprint density at radius 1 is 1.24 bits per heavy atom. The third-order valence-electron chi connectivity index (χ3n) is 4.20. The molecule has 1 aliphatic rings. The normalized spacial score (nSPS) is 14.4. The maximum atomic E-state index is 12.1. The van der Waals surface area contributed by atoms with Gasteiger partial charge in [-0.05, 0) is 31.4 Å². The molecule has 1 heterocycles. The van der Waals surface area contributed by atoms with Crippen molar-refractivity contribution in [1.29, 1.82) is 0 Å². The van der Waals surface area contributed by atoms with E-state index in [1.807, 2.05) is 20.8 Å². The van der Waals surface area contributed by atoms with Crippen molar-refractivity contribution in [2.45, 2.75) is 39.7 Å². The van der Waals surface area contributed by atoms with Crippen LogP contribution in [0.5, 0.6) is 11.5 Å². The molecule has 0 bridgehead atoms. The monoisotopic (exact) mass is 370 g/mol. The highest BCUT2D eigenvalue weighted by molar-refractivity contribution is 7.92. The number of carbonyl (C=O) groups is 1. The Balaban J connectivity index is 1.99. The largest absolute Gasteiger partial charge is 0.454 e. The van der Waals surface area contributed by atoms with Crippen LogP contribution in [0.2, 0.25) is 0 Å². The van der Waals surface area contributed by atoms with Gasteiger partial charge in [-0.25, -0.2) is 8.42 Å². The van der Waals surface area contributed by atoms with Gasteiger partial charge in [-0.2, -0.15) is 0 Å². The van der Waals surface area contributed by atoms with Crippen molar-refractivity contribution in [2.24, 2.45) is 5.92 Å². The van der Waals surface area contributed by atoms with Gasteiger partial charge in [0.15, 0.2) is 11.5 Å². The standard InChI is InChI=1S/C17H26N2O5S/c1-12(2)13(3)18-17(20)6-5-9-19(25(4,21)22)14-7-8-15-16(10-14)24-11-23-15/h7-8,10,12-13H,5-6,9,11H2,1-4H3,(H,18,20)/t13-/m1/s1. The lowest BCUT2D eigenvalue weighted by Crippen LogP contribution is -2.37. The van der Waals surface area contributed by atoms with Crippen molar-refractivity contribution in [1.82, 2.24) is 5.32 Å². The van der Waals surface area contributed by atoms with Crippen molar-refractivity contribution < 1.29 is 22.7 Å². The topological polar surface area (TPSA) is 84.9 Å². The molecule has 0 radical (unpaired) electrons. The molecule has 1 atom stereocenters. The molecule has 2 rings (SSSR count). The average Bonchev–Trinajstić information content (AvgIpc) is 2.97. The summed E-state index contributed by atoms with van der Waals surface area (Å²) in [6.45, 7) is 6.39. The molecule has 1 amide bonds. The highest BCUT2D eigenvalue weighted by Crippen LogP contribution is 2.36. The molecule has 0 aliphatic carbocycles. The van der Waals surface area contributed by atoms with E-state index in [2.05, 4.69) is 5.32 Å². The molecule has 0 fully saturated rings. The van der Waals surface area contributed by atoms with Crippen LogP contribution in [0.3, 0.4) is 0 Å². The van der Waals surface area contributed by atoms with Crippen LogP contribution < -0.4 is 19.1 Å². The number of fused-ring (bicyclic) bond motifs is 1. The van der Waals surface area contributed by atoms with Gasteiger partial charge in [-0.1, -0.05) is 13.8 Å². The number of benzene rings is 1. The van der Waals surface area contributed by atoms with Crippen molar-refractivity contribution in [2.75, 3.05) is 23.9 Å². The fourth-order valence-corrected chi connectivity index (χ4v) is 3.36. The summed E-state index contributed by atoms with van der Waals surface area (Å²) < 4.78 is 36.1. The number of nitrogens with one attached hydrogen (secondary N) is 1. The molecular formula is C17H26N2O5S. The number of anilines is 1. The summed E-state index contributed by atoms with van der Waals surface area (Å²) >= 11 is 0. The first-order chi connectivity index (χ1) is 11.7. The van der Waals surface area contributed by atoms with E-state index in [0.717, 1.165) is 6.26 Å². The molecule has 0 saturated carbocycles. The lowest BCUT2D eigenvalue weighted by Gasteiger charge is -2.23. The van der Waals surface area contributed by atoms with E-state index in [0.29, 0.717) is 29.5 Å². The lowest BCUT2D eigenvalue weighted by atomic mass is 10.1. The predicted octanol–water partition coefficient (Wildman–Crippen LogP) is 2.12. The minimum absolute atomic E-state index is 0.0691. The smallest absolute Gasteiger partial charge is 0.232 e. The third-order valence-corrected chi connectivity index (χ3v) is 5.39. The summed E-state index contributed by atoms with van der Waals surface area (Å²) in [4.78, 5) is 12.0. The van der Waals surface area contributed by atoms with Gasteiger partial charge in [-0.3, -0.25) is 9.10 Å². The maximum absolute atomic E-state index is 12.1. The van der Waals surface area contributed by atoms with Gasteiger partial charge in [0.05, 0.1) is 11.9 Å². The Bertz CT molecular complexity index is 718. The van der Waals surface area contributed by atoms with Crippen molar-refractivity contribution in [3.63, 3.8) is 0 Å². The summed E-state index contributed by atoms with van der Waals surface area (Å²) in [5.41, 5.74) is 0.503. The van der Waals surface area contributed by atoms with Crippen LogP contribution in [0.4, 0.5) is 5.69 Å². The van der Waals surface area contributed by atoms with Crippen molar-refractivity contribution >= 4 is 21.6 Å². The van der Waals surface area contributed by atoms with Gasteiger partial charge in [-0.15, -0.1) is 0 Å². The second-order valence-corrected chi connectivity index (χ2v) is 8.48. The number of amides is 1. The molecule has 1 aliphatic heterocycles. The SMILES string of the molecule is CC(C)[C@@H](C)NC(=O)CCCN(c1ccc2c(c1)OCO2)S(C)(=O)=O. The van der Waals surface area contributed by atoms with Gasteiger partial charge in [0, 0.05) is 25.1 Å². The van der Waals surface area contributed by atoms with Crippen molar-refractivity contribution in [3.05, 3.63) is 18.2 Å². The van der Waals surface area contributed by atoms with Crippen LogP contribution in [0.1, 0.15) is 33.6 Å². The minimum Gasteiger partial charge on any atom is -0.454 e. The molecule has 0 saturated heterocycles. The highest BCUT2D eigenvalue weighted by Gasteiger charge is 2.21. The number of hydrogen-bond acceptors (Lipinski definition) is 5. The van der Waals surface area contributed by atoms with E-state index in [-0.39, 0.29) is 31.7 Å².